The fraction of sp³-hybridized carbons (Fsp3) is 0.375. The first kappa shape index (κ1) is 15.0. The first-order chi connectivity index (χ1) is 10.6. The summed E-state index contributed by atoms with van der Waals surface area (Å²) in [5.74, 6) is 0.187. The summed E-state index contributed by atoms with van der Waals surface area (Å²) >= 11 is 0. The van der Waals surface area contributed by atoms with E-state index in [1.807, 2.05) is 0 Å². The van der Waals surface area contributed by atoms with Gasteiger partial charge in [0.05, 0.1) is 17.0 Å². The van der Waals surface area contributed by atoms with Crippen molar-refractivity contribution in [3.63, 3.8) is 0 Å². The maximum Gasteiger partial charge on any atom is 0.416 e. The van der Waals surface area contributed by atoms with Gasteiger partial charge in [-0.2, -0.15) is 13.2 Å². The summed E-state index contributed by atoms with van der Waals surface area (Å²) in [5.41, 5.74) is 1.11. The molecule has 2 aromatic rings. The standard InChI is InChI=1S/C16H16F3N3/c17-16(18,19)13-5-1-3-11(9-13)14-15(22-8-7-21-14)12-4-2-6-20-10-12/h1,3,5,7-9,12,20H,2,4,6,10H2. The van der Waals surface area contributed by atoms with Crippen LogP contribution in [0.3, 0.4) is 0 Å². The smallest absolute Gasteiger partial charge is 0.316 e. The molecule has 1 aliphatic heterocycles. The van der Waals surface area contributed by atoms with E-state index in [0.717, 1.165) is 43.8 Å². The maximum absolute atomic E-state index is 12.9. The van der Waals surface area contributed by atoms with Gasteiger partial charge in [0.1, 0.15) is 0 Å². The van der Waals surface area contributed by atoms with Crippen LogP contribution in [-0.2, 0) is 6.18 Å². The molecule has 2 heterocycles. The summed E-state index contributed by atoms with van der Waals surface area (Å²) in [6.07, 6.45) is 0.766. The summed E-state index contributed by atoms with van der Waals surface area (Å²) in [4.78, 5) is 8.68. The third-order valence-electron chi connectivity index (χ3n) is 3.87. The number of rotatable bonds is 2. The monoisotopic (exact) mass is 307 g/mol. The van der Waals surface area contributed by atoms with Gasteiger partial charge in [0.15, 0.2) is 0 Å². The number of nitrogens with one attached hydrogen (secondary N) is 1. The molecule has 1 atom stereocenters. The van der Waals surface area contributed by atoms with Gasteiger partial charge in [-0.15, -0.1) is 0 Å². The summed E-state index contributed by atoms with van der Waals surface area (Å²) in [6, 6.07) is 5.28. The zero-order valence-corrected chi connectivity index (χ0v) is 11.9. The third-order valence-corrected chi connectivity index (χ3v) is 3.87. The van der Waals surface area contributed by atoms with Crippen molar-refractivity contribution in [2.75, 3.05) is 13.1 Å². The van der Waals surface area contributed by atoms with Crippen molar-refractivity contribution in [1.82, 2.24) is 15.3 Å². The van der Waals surface area contributed by atoms with Crippen LogP contribution in [-0.4, -0.2) is 23.1 Å². The quantitative estimate of drug-likeness (QED) is 0.920. The van der Waals surface area contributed by atoms with E-state index >= 15 is 0 Å². The Bertz CT molecular complexity index is 649. The molecule has 1 N–H and O–H groups in total. The molecule has 1 fully saturated rings. The van der Waals surface area contributed by atoms with Crippen LogP contribution >= 0.6 is 0 Å². The minimum Gasteiger partial charge on any atom is -0.316 e. The lowest BCUT2D eigenvalue weighted by Crippen LogP contribution is -2.29. The Labute approximate surface area is 126 Å². The van der Waals surface area contributed by atoms with Crippen molar-refractivity contribution >= 4 is 0 Å². The molecule has 22 heavy (non-hydrogen) atoms. The Morgan fingerprint density at radius 2 is 1.95 bits per heavy atom. The number of benzene rings is 1. The second kappa shape index (κ2) is 6.04. The van der Waals surface area contributed by atoms with Crippen molar-refractivity contribution in [2.45, 2.75) is 24.9 Å². The van der Waals surface area contributed by atoms with E-state index < -0.39 is 11.7 Å². The van der Waals surface area contributed by atoms with Gasteiger partial charge < -0.3 is 5.32 Å². The Balaban J connectivity index is 2.01. The molecule has 1 unspecified atom stereocenters. The number of hydrogen-bond donors (Lipinski definition) is 1. The molecule has 0 radical (unpaired) electrons. The van der Waals surface area contributed by atoms with Gasteiger partial charge in [0.2, 0.25) is 0 Å². The van der Waals surface area contributed by atoms with Gasteiger partial charge in [0.25, 0.3) is 0 Å². The van der Waals surface area contributed by atoms with Crippen LogP contribution in [0.2, 0.25) is 0 Å². The van der Waals surface area contributed by atoms with Gasteiger partial charge in [0, 0.05) is 30.4 Å². The highest BCUT2D eigenvalue weighted by Crippen LogP contribution is 2.34. The molecule has 0 bridgehead atoms. The Morgan fingerprint density at radius 1 is 1.14 bits per heavy atom. The van der Waals surface area contributed by atoms with Crippen molar-refractivity contribution in [3.8, 4) is 11.3 Å². The average Bonchev–Trinajstić information content (AvgIpc) is 2.55. The van der Waals surface area contributed by atoms with Gasteiger partial charge >= 0.3 is 6.18 Å². The third kappa shape index (κ3) is 3.11. The van der Waals surface area contributed by atoms with Crippen LogP contribution in [0.5, 0.6) is 0 Å². The fourth-order valence-electron chi connectivity index (χ4n) is 2.80. The first-order valence-electron chi connectivity index (χ1n) is 7.25. The highest BCUT2D eigenvalue weighted by Gasteiger charge is 2.31. The second-order valence-corrected chi connectivity index (χ2v) is 5.41. The van der Waals surface area contributed by atoms with Gasteiger partial charge in [-0.1, -0.05) is 12.1 Å². The normalized spacial score (nSPS) is 19.1. The molecular weight excluding hydrogens is 291 g/mol. The van der Waals surface area contributed by atoms with Crippen molar-refractivity contribution in [1.29, 1.82) is 0 Å². The Morgan fingerprint density at radius 3 is 2.68 bits per heavy atom. The van der Waals surface area contributed by atoms with Gasteiger partial charge in [-0.05, 0) is 31.5 Å². The zero-order chi connectivity index (χ0) is 15.6. The molecule has 1 aliphatic rings. The van der Waals surface area contributed by atoms with Crippen LogP contribution in [0.25, 0.3) is 11.3 Å². The molecule has 0 saturated carbocycles. The molecule has 0 amide bonds. The Hall–Kier alpha value is -1.95. The molecular formula is C16H16F3N3. The van der Waals surface area contributed by atoms with E-state index in [1.165, 1.54) is 12.3 Å². The largest absolute Gasteiger partial charge is 0.416 e. The number of halogens is 3. The van der Waals surface area contributed by atoms with Crippen molar-refractivity contribution < 1.29 is 13.2 Å². The van der Waals surface area contributed by atoms with Gasteiger partial charge in [-0.3, -0.25) is 9.97 Å². The number of nitrogens with zero attached hydrogens (tertiary/aromatic N) is 2. The molecule has 1 aromatic heterocycles. The van der Waals surface area contributed by atoms with E-state index in [-0.39, 0.29) is 5.92 Å². The van der Waals surface area contributed by atoms with E-state index in [1.54, 1.807) is 12.3 Å². The minimum atomic E-state index is -4.36. The van der Waals surface area contributed by atoms with E-state index in [9.17, 15) is 13.2 Å². The number of piperidine rings is 1. The fourth-order valence-corrected chi connectivity index (χ4v) is 2.80. The molecule has 1 saturated heterocycles. The van der Waals surface area contributed by atoms with Gasteiger partial charge in [-0.25, -0.2) is 0 Å². The van der Waals surface area contributed by atoms with Crippen molar-refractivity contribution in [3.05, 3.63) is 47.9 Å². The maximum atomic E-state index is 12.9. The van der Waals surface area contributed by atoms with E-state index in [4.69, 9.17) is 0 Å². The molecule has 0 spiro atoms. The molecule has 3 rings (SSSR count). The van der Waals surface area contributed by atoms with Crippen LogP contribution in [0.1, 0.15) is 30.0 Å². The highest BCUT2D eigenvalue weighted by molar-refractivity contribution is 5.63. The van der Waals surface area contributed by atoms with Crippen LogP contribution in [0, 0.1) is 0 Å². The Kier molecular flexibility index (Phi) is 4.11. The predicted molar refractivity (Wildman–Crippen MR) is 77.3 cm³/mol. The second-order valence-electron chi connectivity index (χ2n) is 5.41. The number of aromatic nitrogens is 2. The lowest BCUT2D eigenvalue weighted by molar-refractivity contribution is -0.137. The predicted octanol–water partition coefficient (Wildman–Crippen LogP) is 3.63. The lowest BCUT2D eigenvalue weighted by atomic mass is 9.92. The summed E-state index contributed by atoms with van der Waals surface area (Å²) in [7, 11) is 0. The van der Waals surface area contributed by atoms with Crippen LogP contribution < -0.4 is 5.32 Å². The van der Waals surface area contributed by atoms with Crippen molar-refractivity contribution in [2.24, 2.45) is 0 Å². The SMILES string of the molecule is FC(F)(F)c1cccc(-c2nccnc2C2CCCNC2)c1. The topological polar surface area (TPSA) is 37.8 Å². The zero-order valence-electron chi connectivity index (χ0n) is 11.9. The highest BCUT2D eigenvalue weighted by atomic mass is 19.4. The van der Waals surface area contributed by atoms with Crippen LogP contribution in [0.4, 0.5) is 13.2 Å². The summed E-state index contributed by atoms with van der Waals surface area (Å²) in [5, 5.41) is 3.30. The van der Waals surface area contributed by atoms with Crippen LogP contribution in [0.15, 0.2) is 36.7 Å². The lowest BCUT2D eigenvalue weighted by Gasteiger charge is -2.23. The number of alkyl halides is 3. The van der Waals surface area contributed by atoms with E-state index in [2.05, 4.69) is 15.3 Å². The van der Waals surface area contributed by atoms with E-state index in [0.29, 0.717) is 11.3 Å². The first-order valence-corrected chi connectivity index (χ1v) is 7.25. The number of hydrogen-bond acceptors (Lipinski definition) is 3. The molecule has 116 valence electrons. The molecule has 3 nitrogen and oxygen atoms in total. The minimum absolute atomic E-state index is 0.187. The molecule has 6 heteroatoms. The summed E-state index contributed by atoms with van der Waals surface area (Å²) in [6.45, 7) is 1.75. The summed E-state index contributed by atoms with van der Waals surface area (Å²) < 4.78 is 38.7. The molecule has 1 aromatic carbocycles. The molecule has 0 aliphatic carbocycles. The average molecular weight is 307 g/mol.